The summed E-state index contributed by atoms with van der Waals surface area (Å²) in [6.07, 6.45) is -0.275. The first kappa shape index (κ1) is 14.6. The highest BCUT2D eigenvalue weighted by Gasteiger charge is 2.19. The highest BCUT2D eigenvalue weighted by atomic mass is 79.9. The Balaban J connectivity index is 1.88. The Morgan fingerprint density at radius 1 is 1.32 bits per heavy atom. The molecule has 2 rings (SSSR count). The highest BCUT2D eigenvalue weighted by Crippen LogP contribution is 2.22. The Labute approximate surface area is 123 Å². The molecule has 1 aromatic carbocycles. The van der Waals surface area contributed by atoms with Gasteiger partial charge in [-0.05, 0) is 12.1 Å². The lowest BCUT2D eigenvalue weighted by Gasteiger charge is -2.36. The molecule has 1 heterocycles. The van der Waals surface area contributed by atoms with Crippen LogP contribution < -0.4 is 9.64 Å². The topological polar surface area (TPSA) is 35.9 Å². The van der Waals surface area contributed by atoms with Gasteiger partial charge in [0.15, 0.2) is 0 Å². The van der Waals surface area contributed by atoms with Crippen LogP contribution in [0.2, 0.25) is 0 Å². The normalized spacial score (nSPS) is 18.4. The van der Waals surface area contributed by atoms with Gasteiger partial charge in [-0.3, -0.25) is 4.90 Å². The molecule has 4 nitrogen and oxygen atoms in total. The van der Waals surface area contributed by atoms with Crippen LogP contribution in [0.5, 0.6) is 5.75 Å². The molecule has 0 radical (unpaired) electrons. The monoisotopic (exact) mass is 328 g/mol. The average Bonchev–Trinajstić information content (AvgIpc) is 2.48. The van der Waals surface area contributed by atoms with Gasteiger partial charge < -0.3 is 14.7 Å². The van der Waals surface area contributed by atoms with Crippen molar-refractivity contribution in [2.75, 3.05) is 50.1 Å². The number of aliphatic hydroxyl groups excluding tert-OH is 1. The van der Waals surface area contributed by atoms with Gasteiger partial charge in [-0.15, -0.1) is 0 Å². The molecule has 0 bridgehead atoms. The van der Waals surface area contributed by atoms with Crippen molar-refractivity contribution in [2.24, 2.45) is 0 Å². The lowest BCUT2D eigenvalue weighted by Crippen LogP contribution is -2.48. The minimum Gasteiger partial charge on any atom is -0.497 e. The van der Waals surface area contributed by atoms with E-state index >= 15 is 0 Å². The Morgan fingerprint density at radius 2 is 2.05 bits per heavy atom. The first-order valence-electron chi connectivity index (χ1n) is 6.58. The van der Waals surface area contributed by atoms with Crippen molar-refractivity contribution in [1.82, 2.24) is 4.90 Å². The largest absolute Gasteiger partial charge is 0.497 e. The Bertz CT molecular complexity index is 395. The third-order valence-electron chi connectivity index (χ3n) is 3.44. The lowest BCUT2D eigenvalue weighted by molar-refractivity contribution is 0.127. The number of methoxy groups -OCH3 is 1. The van der Waals surface area contributed by atoms with Gasteiger partial charge >= 0.3 is 0 Å². The molecular formula is C14H21BrN2O2. The van der Waals surface area contributed by atoms with E-state index in [9.17, 15) is 5.11 Å². The summed E-state index contributed by atoms with van der Waals surface area (Å²) in [4.78, 5) is 4.67. The second-order valence-corrected chi connectivity index (χ2v) is 5.44. The fraction of sp³-hybridized carbons (Fsp3) is 0.571. The molecule has 0 spiro atoms. The number of alkyl halides is 1. The number of hydrogen-bond donors (Lipinski definition) is 1. The van der Waals surface area contributed by atoms with Gasteiger partial charge in [0.25, 0.3) is 0 Å². The Morgan fingerprint density at radius 3 is 2.68 bits per heavy atom. The summed E-state index contributed by atoms with van der Waals surface area (Å²) in [5.74, 6) is 0.898. The van der Waals surface area contributed by atoms with Crippen LogP contribution in [0.25, 0.3) is 0 Å². The van der Waals surface area contributed by atoms with Gasteiger partial charge in [0, 0.05) is 49.8 Å². The van der Waals surface area contributed by atoms with Crippen molar-refractivity contribution in [2.45, 2.75) is 6.10 Å². The van der Waals surface area contributed by atoms with Crippen LogP contribution in [-0.4, -0.2) is 61.3 Å². The predicted molar refractivity (Wildman–Crippen MR) is 81.4 cm³/mol. The molecule has 1 aromatic rings. The molecule has 1 unspecified atom stereocenters. The Kier molecular flexibility index (Phi) is 5.48. The summed E-state index contributed by atoms with van der Waals surface area (Å²) >= 11 is 3.31. The summed E-state index contributed by atoms with van der Waals surface area (Å²) < 4.78 is 5.26. The van der Waals surface area contributed by atoms with Gasteiger partial charge in [0.05, 0.1) is 13.2 Å². The zero-order valence-electron chi connectivity index (χ0n) is 11.3. The Hall–Kier alpha value is -0.780. The molecule has 0 amide bonds. The molecule has 19 heavy (non-hydrogen) atoms. The van der Waals surface area contributed by atoms with Crippen molar-refractivity contribution in [1.29, 1.82) is 0 Å². The van der Waals surface area contributed by atoms with E-state index in [0.717, 1.165) is 38.5 Å². The van der Waals surface area contributed by atoms with Crippen LogP contribution >= 0.6 is 15.9 Å². The minimum atomic E-state index is -0.275. The standard InChI is InChI=1S/C14H21BrN2O2/c1-19-14-4-2-3-12(9-14)17-7-5-16(6-8-17)11-13(18)10-15/h2-4,9,13,18H,5-8,10-11H2,1H3. The molecule has 1 aliphatic rings. The molecule has 106 valence electrons. The molecule has 1 atom stereocenters. The van der Waals surface area contributed by atoms with E-state index in [1.165, 1.54) is 5.69 Å². The fourth-order valence-electron chi connectivity index (χ4n) is 2.34. The highest BCUT2D eigenvalue weighted by molar-refractivity contribution is 9.09. The van der Waals surface area contributed by atoms with E-state index < -0.39 is 0 Å². The van der Waals surface area contributed by atoms with Crippen LogP contribution in [0.3, 0.4) is 0 Å². The van der Waals surface area contributed by atoms with Gasteiger partial charge in [0.1, 0.15) is 5.75 Å². The molecule has 1 N–H and O–H groups in total. The number of β-amino-alcohol motifs (C(OH)–C–C–N with tert-alkyl or cyclic N) is 1. The SMILES string of the molecule is COc1cccc(N2CCN(CC(O)CBr)CC2)c1. The summed E-state index contributed by atoms with van der Waals surface area (Å²) in [5.41, 5.74) is 1.21. The van der Waals surface area contributed by atoms with Gasteiger partial charge in [-0.2, -0.15) is 0 Å². The second-order valence-electron chi connectivity index (χ2n) is 4.80. The molecule has 0 aromatic heterocycles. The van der Waals surface area contributed by atoms with Gasteiger partial charge in [0.2, 0.25) is 0 Å². The third-order valence-corrected chi connectivity index (χ3v) is 4.19. The van der Waals surface area contributed by atoms with E-state index in [2.05, 4.69) is 37.9 Å². The number of aliphatic hydroxyl groups is 1. The first-order valence-corrected chi connectivity index (χ1v) is 7.70. The maximum absolute atomic E-state index is 9.64. The third kappa shape index (κ3) is 4.09. The molecule has 5 heteroatoms. The quantitative estimate of drug-likeness (QED) is 0.832. The maximum atomic E-state index is 9.64. The van der Waals surface area contributed by atoms with Crippen LogP contribution in [0.15, 0.2) is 24.3 Å². The van der Waals surface area contributed by atoms with E-state index in [0.29, 0.717) is 5.33 Å². The fourth-order valence-corrected chi connectivity index (χ4v) is 2.55. The molecular weight excluding hydrogens is 308 g/mol. The van der Waals surface area contributed by atoms with E-state index in [4.69, 9.17) is 4.74 Å². The van der Waals surface area contributed by atoms with Crippen LogP contribution in [0.4, 0.5) is 5.69 Å². The summed E-state index contributed by atoms with van der Waals surface area (Å²) in [6.45, 7) is 4.70. The predicted octanol–water partition coefficient (Wildman–Crippen LogP) is 1.57. The maximum Gasteiger partial charge on any atom is 0.120 e. The number of anilines is 1. The van der Waals surface area contributed by atoms with E-state index in [1.54, 1.807) is 7.11 Å². The zero-order valence-corrected chi connectivity index (χ0v) is 12.8. The molecule has 1 aliphatic heterocycles. The zero-order chi connectivity index (χ0) is 13.7. The van der Waals surface area contributed by atoms with Crippen molar-refractivity contribution in [3.63, 3.8) is 0 Å². The van der Waals surface area contributed by atoms with Gasteiger partial charge in [-0.1, -0.05) is 22.0 Å². The van der Waals surface area contributed by atoms with Crippen LogP contribution in [-0.2, 0) is 0 Å². The molecule has 1 saturated heterocycles. The number of benzene rings is 1. The second kappa shape index (κ2) is 7.12. The summed E-state index contributed by atoms with van der Waals surface area (Å²) in [6, 6.07) is 8.18. The van der Waals surface area contributed by atoms with Gasteiger partial charge in [-0.25, -0.2) is 0 Å². The number of nitrogens with zero attached hydrogens (tertiary/aromatic N) is 2. The van der Waals surface area contributed by atoms with Crippen molar-refractivity contribution >= 4 is 21.6 Å². The van der Waals surface area contributed by atoms with Crippen molar-refractivity contribution in [3.8, 4) is 5.75 Å². The van der Waals surface area contributed by atoms with Crippen LogP contribution in [0.1, 0.15) is 0 Å². The number of ether oxygens (including phenoxy) is 1. The number of hydrogen-bond acceptors (Lipinski definition) is 4. The van der Waals surface area contributed by atoms with E-state index in [1.807, 2.05) is 12.1 Å². The van der Waals surface area contributed by atoms with Crippen molar-refractivity contribution < 1.29 is 9.84 Å². The number of rotatable bonds is 5. The average molecular weight is 329 g/mol. The van der Waals surface area contributed by atoms with Crippen molar-refractivity contribution in [3.05, 3.63) is 24.3 Å². The summed E-state index contributed by atoms with van der Waals surface area (Å²) in [7, 11) is 1.69. The van der Waals surface area contributed by atoms with Crippen LogP contribution in [0, 0.1) is 0 Å². The molecule has 0 saturated carbocycles. The smallest absolute Gasteiger partial charge is 0.120 e. The number of piperazine rings is 1. The first-order chi connectivity index (χ1) is 9.22. The van der Waals surface area contributed by atoms with E-state index in [-0.39, 0.29) is 6.10 Å². The summed E-state index contributed by atoms with van der Waals surface area (Å²) in [5, 5.41) is 10.3. The molecule has 1 fully saturated rings. The lowest BCUT2D eigenvalue weighted by atomic mass is 10.2. The molecule has 0 aliphatic carbocycles. The number of halogens is 1. The minimum absolute atomic E-state index is 0.275.